The number of halogens is 2. The van der Waals surface area contributed by atoms with Crippen LogP contribution in [0.5, 0.6) is 0 Å². The molecule has 2 unspecified atom stereocenters. The third-order valence-electron chi connectivity index (χ3n) is 3.46. The number of anilines is 1. The van der Waals surface area contributed by atoms with Gasteiger partial charge in [0, 0.05) is 5.75 Å². The molecule has 0 aliphatic heterocycles. The third kappa shape index (κ3) is 4.00. The van der Waals surface area contributed by atoms with Crippen molar-refractivity contribution < 1.29 is 4.79 Å². The predicted molar refractivity (Wildman–Crippen MR) is 90.0 cm³/mol. The lowest BCUT2D eigenvalue weighted by atomic mass is 10.1. The highest BCUT2D eigenvalue weighted by molar-refractivity contribution is 8.01. The first-order valence-electron chi connectivity index (χ1n) is 6.27. The smallest absolute Gasteiger partial charge is 0.230 e. The molecule has 0 aromatic carbocycles. The molecule has 2 rings (SSSR count). The fourth-order valence-corrected chi connectivity index (χ4v) is 4.04. The van der Waals surface area contributed by atoms with Gasteiger partial charge in [-0.05, 0) is 17.4 Å². The number of nitrogens with one attached hydrogen (secondary N) is 1. The van der Waals surface area contributed by atoms with Crippen molar-refractivity contribution in [3.05, 3.63) is 23.2 Å². The zero-order valence-corrected chi connectivity index (χ0v) is 14.7. The van der Waals surface area contributed by atoms with Crippen molar-refractivity contribution in [2.24, 2.45) is 17.3 Å². The minimum atomic E-state index is -0.154. The van der Waals surface area contributed by atoms with Crippen LogP contribution in [0.3, 0.4) is 0 Å². The highest BCUT2D eigenvalue weighted by Crippen LogP contribution is 2.60. The number of carbonyl (C=O) groups excluding carboxylic acids is 1. The maximum atomic E-state index is 12.3. The largest absolute Gasteiger partial charge is 0.300 e. The molecule has 0 spiro atoms. The summed E-state index contributed by atoms with van der Waals surface area (Å²) in [6, 6.07) is 0. The number of allylic oxidation sites excluding steroid dienone is 1. The molecule has 0 radical (unpaired) electrons. The van der Waals surface area contributed by atoms with Crippen LogP contribution in [0.2, 0.25) is 0 Å². The average molecular weight is 364 g/mol. The van der Waals surface area contributed by atoms with Gasteiger partial charge in [0.25, 0.3) is 0 Å². The van der Waals surface area contributed by atoms with E-state index in [1.807, 2.05) is 13.8 Å². The van der Waals surface area contributed by atoms with Gasteiger partial charge in [0.05, 0.1) is 5.92 Å². The Morgan fingerprint density at radius 2 is 2.24 bits per heavy atom. The summed E-state index contributed by atoms with van der Waals surface area (Å²) < 4.78 is 1.00. The van der Waals surface area contributed by atoms with Crippen molar-refractivity contribution in [2.75, 3.05) is 11.1 Å². The van der Waals surface area contributed by atoms with E-state index in [2.05, 4.69) is 22.1 Å². The zero-order valence-electron chi connectivity index (χ0n) is 11.6. The van der Waals surface area contributed by atoms with Crippen LogP contribution in [0.4, 0.5) is 5.13 Å². The molecule has 1 aliphatic carbocycles. The van der Waals surface area contributed by atoms with Crippen LogP contribution in [0.15, 0.2) is 27.6 Å². The normalized spacial score (nSPS) is 22.5. The number of aromatic nitrogens is 2. The highest BCUT2D eigenvalue weighted by atomic mass is 35.5. The second kappa shape index (κ2) is 6.69. The van der Waals surface area contributed by atoms with E-state index >= 15 is 0 Å². The van der Waals surface area contributed by atoms with Gasteiger partial charge in [0.2, 0.25) is 11.0 Å². The van der Waals surface area contributed by atoms with Gasteiger partial charge in [-0.3, -0.25) is 4.79 Å². The number of amides is 1. The minimum Gasteiger partial charge on any atom is -0.300 e. The van der Waals surface area contributed by atoms with E-state index in [0.29, 0.717) is 5.13 Å². The quantitative estimate of drug-likeness (QED) is 0.463. The summed E-state index contributed by atoms with van der Waals surface area (Å²) in [7, 11) is 0. The van der Waals surface area contributed by atoms with Crippen LogP contribution in [0.25, 0.3) is 0 Å². The Balaban J connectivity index is 1.97. The van der Waals surface area contributed by atoms with Gasteiger partial charge < -0.3 is 5.32 Å². The van der Waals surface area contributed by atoms with Crippen molar-refractivity contribution in [2.45, 2.75) is 18.2 Å². The van der Waals surface area contributed by atoms with Crippen molar-refractivity contribution in [3.63, 3.8) is 0 Å². The Bertz CT molecular complexity index is 582. The van der Waals surface area contributed by atoms with Crippen LogP contribution in [-0.2, 0) is 4.79 Å². The van der Waals surface area contributed by atoms with E-state index in [1.54, 1.807) is 12.2 Å². The Labute approximate surface area is 142 Å². The maximum absolute atomic E-state index is 12.3. The van der Waals surface area contributed by atoms with Gasteiger partial charge in [0.1, 0.15) is 4.49 Å². The van der Waals surface area contributed by atoms with Crippen LogP contribution < -0.4 is 5.32 Å². The van der Waals surface area contributed by atoms with E-state index in [4.69, 9.17) is 23.2 Å². The van der Waals surface area contributed by atoms with Crippen molar-refractivity contribution in [1.29, 1.82) is 0 Å². The second-order valence-electron chi connectivity index (χ2n) is 5.24. The molecule has 4 nitrogen and oxygen atoms in total. The lowest BCUT2D eigenvalue weighted by Crippen LogP contribution is -2.16. The standard InChI is InChI=1S/C13H15Cl2N3OS2/c1-4-5-20-12-18-17-11(21-12)16-10(19)9-7(6-8(14)15)13(9,2)3/h4,6-7,9H,1,5H2,2-3H3,(H,16,17,19). The van der Waals surface area contributed by atoms with E-state index < -0.39 is 0 Å². The lowest BCUT2D eigenvalue weighted by Gasteiger charge is -2.01. The van der Waals surface area contributed by atoms with Gasteiger partial charge in [-0.25, -0.2) is 0 Å². The van der Waals surface area contributed by atoms with Crippen molar-refractivity contribution in [1.82, 2.24) is 10.2 Å². The monoisotopic (exact) mass is 363 g/mol. The summed E-state index contributed by atoms with van der Waals surface area (Å²) in [5.74, 6) is 0.578. The Hall–Kier alpha value is -0.560. The number of hydrogen-bond acceptors (Lipinski definition) is 5. The molecule has 21 heavy (non-hydrogen) atoms. The van der Waals surface area contributed by atoms with Gasteiger partial charge in [-0.2, -0.15) is 0 Å². The fourth-order valence-electron chi connectivity index (χ4n) is 2.26. The van der Waals surface area contributed by atoms with E-state index in [1.165, 1.54) is 23.1 Å². The molecule has 1 aromatic rings. The molecule has 114 valence electrons. The first-order valence-corrected chi connectivity index (χ1v) is 8.83. The summed E-state index contributed by atoms with van der Waals surface area (Å²) in [5, 5.41) is 11.3. The molecule has 1 heterocycles. The van der Waals surface area contributed by atoms with Crippen molar-refractivity contribution >= 4 is 57.3 Å². The third-order valence-corrected chi connectivity index (χ3v) is 5.68. The summed E-state index contributed by atoms with van der Waals surface area (Å²) >= 11 is 14.3. The number of rotatable bonds is 6. The van der Waals surface area contributed by atoms with E-state index in [-0.39, 0.29) is 27.6 Å². The molecule has 1 fully saturated rings. The fraction of sp³-hybridized carbons (Fsp3) is 0.462. The first kappa shape index (κ1) is 16.8. The number of carbonyl (C=O) groups is 1. The molecular weight excluding hydrogens is 349 g/mol. The van der Waals surface area contributed by atoms with Crippen LogP contribution in [-0.4, -0.2) is 21.9 Å². The van der Waals surface area contributed by atoms with Gasteiger partial charge in [0.15, 0.2) is 4.34 Å². The highest BCUT2D eigenvalue weighted by Gasteiger charge is 2.60. The zero-order chi connectivity index (χ0) is 15.6. The molecule has 8 heteroatoms. The Morgan fingerprint density at radius 3 is 2.86 bits per heavy atom. The van der Waals surface area contributed by atoms with Crippen LogP contribution >= 0.6 is 46.3 Å². The molecule has 1 aliphatic rings. The summed E-state index contributed by atoms with van der Waals surface area (Å²) in [6.45, 7) is 7.68. The van der Waals surface area contributed by atoms with E-state index in [0.717, 1.165) is 10.1 Å². The molecule has 1 amide bonds. The Kier molecular flexibility index (Phi) is 5.35. The first-order chi connectivity index (χ1) is 9.86. The number of nitrogens with zero attached hydrogens (tertiary/aromatic N) is 2. The Morgan fingerprint density at radius 1 is 1.52 bits per heavy atom. The predicted octanol–water partition coefficient (Wildman–Crippen LogP) is 4.35. The molecule has 1 saturated carbocycles. The van der Waals surface area contributed by atoms with Crippen LogP contribution in [0.1, 0.15) is 13.8 Å². The SMILES string of the molecule is C=CCSc1nnc(NC(=O)C2C(C=C(Cl)Cl)C2(C)C)s1. The number of thioether (sulfide) groups is 1. The molecule has 1 aromatic heterocycles. The summed E-state index contributed by atoms with van der Waals surface area (Å²) in [6.07, 6.45) is 3.52. The molecule has 0 saturated heterocycles. The summed E-state index contributed by atoms with van der Waals surface area (Å²) in [5.41, 5.74) is -0.149. The molecular formula is C13H15Cl2N3OS2. The van der Waals surface area contributed by atoms with Crippen LogP contribution in [0, 0.1) is 17.3 Å². The molecule has 1 N–H and O–H groups in total. The number of hydrogen-bond donors (Lipinski definition) is 1. The second-order valence-corrected chi connectivity index (χ2v) is 8.50. The summed E-state index contributed by atoms with van der Waals surface area (Å²) in [4.78, 5) is 12.3. The van der Waals surface area contributed by atoms with E-state index in [9.17, 15) is 4.79 Å². The van der Waals surface area contributed by atoms with Crippen molar-refractivity contribution in [3.8, 4) is 0 Å². The minimum absolute atomic E-state index is 0.0463. The van der Waals surface area contributed by atoms with Gasteiger partial charge in [-0.15, -0.1) is 16.8 Å². The molecule has 2 atom stereocenters. The average Bonchev–Trinajstić information content (AvgIpc) is 2.73. The van der Waals surface area contributed by atoms with Gasteiger partial charge in [-0.1, -0.05) is 66.2 Å². The maximum Gasteiger partial charge on any atom is 0.230 e. The lowest BCUT2D eigenvalue weighted by molar-refractivity contribution is -0.118. The topological polar surface area (TPSA) is 54.9 Å². The van der Waals surface area contributed by atoms with Gasteiger partial charge >= 0.3 is 0 Å². The molecule has 0 bridgehead atoms.